The average Bonchev–Trinajstić information content (AvgIpc) is 3.37. The molecule has 0 aromatic heterocycles. The summed E-state index contributed by atoms with van der Waals surface area (Å²) in [7, 11) is 0. The molecule has 0 amide bonds. The fraction of sp³-hybridized carbons (Fsp3) is 0.588. The molecular weight excluding hydrogens is 298 g/mol. The summed E-state index contributed by atoms with van der Waals surface area (Å²) in [6.07, 6.45) is 2.59. The van der Waals surface area contributed by atoms with Crippen LogP contribution in [0.1, 0.15) is 32.3 Å². The van der Waals surface area contributed by atoms with Crippen LogP contribution in [0.15, 0.2) is 23.2 Å². The Morgan fingerprint density at radius 1 is 1.26 bits per heavy atom. The van der Waals surface area contributed by atoms with Crippen molar-refractivity contribution in [2.75, 3.05) is 26.2 Å². The van der Waals surface area contributed by atoms with Crippen molar-refractivity contribution in [3.05, 3.63) is 35.4 Å². The molecule has 1 saturated carbocycles. The van der Waals surface area contributed by atoms with E-state index in [1.165, 1.54) is 18.9 Å². The maximum absolute atomic E-state index is 13.6. The standard InChI is InChI=1S/C17H26F2N4/c1-3-20-17(21-9-10-23(4-2)15-6-7-15)22-12-13-11-14(18)5-8-16(13)19/h5,8,11,15H,3-4,6-7,9-10,12H2,1-2H3,(H2,20,21,22). The van der Waals surface area contributed by atoms with E-state index in [0.717, 1.165) is 44.4 Å². The van der Waals surface area contributed by atoms with Gasteiger partial charge in [-0.3, -0.25) is 4.90 Å². The molecule has 0 aliphatic heterocycles. The van der Waals surface area contributed by atoms with Crippen LogP contribution >= 0.6 is 0 Å². The monoisotopic (exact) mass is 324 g/mol. The SMILES string of the molecule is CCNC(=NCc1cc(F)ccc1F)NCCN(CC)C1CC1. The van der Waals surface area contributed by atoms with Gasteiger partial charge in [0.25, 0.3) is 0 Å². The van der Waals surface area contributed by atoms with E-state index in [-0.39, 0.29) is 12.1 Å². The number of aliphatic imine (C=N–C) groups is 1. The Bertz CT molecular complexity index is 529. The lowest BCUT2D eigenvalue weighted by atomic mass is 10.2. The van der Waals surface area contributed by atoms with Gasteiger partial charge in [0.05, 0.1) is 6.54 Å². The second kappa shape index (κ2) is 8.82. The topological polar surface area (TPSA) is 39.7 Å². The molecule has 1 aliphatic rings. The van der Waals surface area contributed by atoms with Gasteiger partial charge in [-0.15, -0.1) is 0 Å². The molecule has 128 valence electrons. The summed E-state index contributed by atoms with van der Waals surface area (Å²) < 4.78 is 26.8. The minimum Gasteiger partial charge on any atom is -0.357 e. The molecule has 1 aromatic rings. The Balaban J connectivity index is 1.87. The van der Waals surface area contributed by atoms with Gasteiger partial charge in [-0.1, -0.05) is 6.92 Å². The first-order valence-electron chi connectivity index (χ1n) is 8.34. The van der Waals surface area contributed by atoms with E-state index >= 15 is 0 Å². The van der Waals surface area contributed by atoms with Crippen LogP contribution in [-0.4, -0.2) is 43.1 Å². The fourth-order valence-electron chi connectivity index (χ4n) is 2.53. The van der Waals surface area contributed by atoms with Gasteiger partial charge in [0.2, 0.25) is 0 Å². The van der Waals surface area contributed by atoms with Crippen molar-refractivity contribution in [3.63, 3.8) is 0 Å². The molecule has 0 spiro atoms. The zero-order valence-corrected chi connectivity index (χ0v) is 13.9. The lowest BCUT2D eigenvalue weighted by Gasteiger charge is -2.20. The summed E-state index contributed by atoms with van der Waals surface area (Å²) >= 11 is 0. The first kappa shape index (κ1) is 17.7. The molecule has 2 rings (SSSR count). The van der Waals surface area contributed by atoms with Gasteiger partial charge in [-0.2, -0.15) is 0 Å². The zero-order valence-electron chi connectivity index (χ0n) is 13.9. The van der Waals surface area contributed by atoms with Gasteiger partial charge in [-0.25, -0.2) is 13.8 Å². The van der Waals surface area contributed by atoms with Crippen LogP contribution in [0.2, 0.25) is 0 Å². The van der Waals surface area contributed by atoms with E-state index in [2.05, 4.69) is 27.4 Å². The summed E-state index contributed by atoms with van der Waals surface area (Å²) in [5.74, 6) is -0.252. The van der Waals surface area contributed by atoms with Crippen LogP contribution in [0, 0.1) is 11.6 Å². The Hall–Kier alpha value is -1.69. The van der Waals surface area contributed by atoms with E-state index in [9.17, 15) is 8.78 Å². The number of nitrogens with zero attached hydrogens (tertiary/aromatic N) is 2. The highest BCUT2D eigenvalue weighted by atomic mass is 19.1. The lowest BCUT2D eigenvalue weighted by molar-refractivity contribution is 0.282. The van der Waals surface area contributed by atoms with Gasteiger partial charge in [0.15, 0.2) is 5.96 Å². The Morgan fingerprint density at radius 3 is 2.70 bits per heavy atom. The third-order valence-electron chi connectivity index (χ3n) is 3.92. The molecule has 1 aromatic carbocycles. The molecule has 0 bridgehead atoms. The third kappa shape index (κ3) is 5.78. The van der Waals surface area contributed by atoms with E-state index in [4.69, 9.17) is 0 Å². The zero-order chi connectivity index (χ0) is 16.7. The molecule has 23 heavy (non-hydrogen) atoms. The molecule has 0 atom stereocenters. The van der Waals surface area contributed by atoms with Crippen molar-refractivity contribution < 1.29 is 8.78 Å². The minimum atomic E-state index is -0.447. The quantitative estimate of drug-likeness (QED) is 0.570. The molecule has 0 radical (unpaired) electrons. The summed E-state index contributed by atoms with van der Waals surface area (Å²) in [6.45, 7) is 7.76. The molecule has 0 heterocycles. The molecule has 4 nitrogen and oxygen atoms in total. The number of rotatable bonds is 8. The molecular formula is C17H26F2N4. The highest BCUT2D eigenvalue weighted by molar-refractivity contribution is 5.79. The van der Waals surface area contributed by atoms with Crippen LogP contribution in [0.3, 0.4) is 0 Å². The first-order chi connectivity index (χ1) is 11.1. The van der Waals surface area contributed by atoms with Crippen molar-refractivity contribution in [2.45, 2.75) is 39.3 Å². The Morgan fingerprint density at radius 2 is 2.04 bits per heavy atom. The third-order valence-corrected chi connectivity index (χ3v) is 3.92. The second-order valence-electron chi connectivity index (χ2n) is 5.72. The van der Waals surface area contributed by atoms with E-state index in [1.807, 2.05) is 6.92 Å². The number of likely N-dealkylation sites (N-methyl/N-ethyl adjacent to an activating group) is 1. The first-order valence-corrected chi connectivity index (χ1v) is 8.34. The van der Waals surface area contributed by atoms with Crippen LogP contribution in [0.4, 0.5) is 8.78 Å². The number of hydrogen-bond acceptors (Lipinski definition) is 2. The molecule has 1 fully saturated rings. The number of halogens is 2. The van der Waals surface area contributed by atoms with Gasteiger partial charge >= 0.3 is 0 Å². The number of guanidine groups is 1. The van der Waals surface area contributed by atoms with Gasteiger partial charge < -0.3 is 10.6 Å². The van der Waals surface area contributed by atoms with Gasteiger partial charge in [-0.05, 0) is 44.5 Å². The van der Waals surface area contributed by atoms with Crippen molar-refractivity contribution in [3.8, 4) is 0 Å². The van der Waals surface area contributed by atoms with Gasteiger partial charge in [0, 0.05) is 31.2 Å². The Kier molecular flexibility index (Phi) is 6.77. The van der Waals surface area contributed by atoms with E-state index in [0.29, 0.717) is 5.96 Å². The predicted molar refractivity (Wildman–Crippen MR) is 89.4 cm³/mol. The van der Waals surface area contributed by atoms with Crippen LogP contribution < -0.4 is 10.6 Å². The fourth-order valence-corrected chi connectivity index (χ4v) is 2.53. The highest BCUT2D eigenvalue weighted by Crippen LogP contribution is 2.25. The molecule has 0 unspecified atom stereocenters. The summed E-state index contributed by atoms with van der Waals surface area (Å²) in [6, 6.07) is 4.18. The van der Waals surface area contributed by atoms with Crippen LogP contribution in [-0.2, 0) is 6.54 Å². The van der Waals surface area contributed by atoms with Crippen molar-refractivity contribution in [2.24, 2.45) is 4.99 Å². The van der Waals surface area contributed by atoms with E-state index < -0.39 is 11.6 Å². The maximum Gasteiger partial charge on any atom is 0.191 e. The van der Waals surface area contributed by atoms with Crippen molar-refractivity contribution in [1.82, 2.24) is 15.5 Å². The smallest absolute Gasteiger partial charge is 0.191 e. The molecule has 0 saturated heterocycles. The number of hydrogen-bond donors (Lipinski definition) is 2. The van der Waals surface area contributed by atoms with Crippen LogP contribution in [0.25, 0.3) is 0 Å². The van der Waals surface area contributed by atoms with Crippen LogP contribution in [0.5, 0.6) is 0 Å². The van der Waals surface area contributed by atoms with E-state index in [1.54, 1.807) is 0 Å². The highest BCUT2D eigenvalue weighted by Gasteiger charge is 2.27. The summed E-state index contributed by atoms with van der Waals surface area (Å²) in [4.78, 5) is 6.79. The predicted octanol–water partition coefficient (Wildman–Crippen LogP) is 2.50. The van der Waals surface area contributed by atoms with Crippen molar-refractivity contribution >= 4 is 5.96 Å². The average molecular weight is 324 g/mol. The second-order valence-corrected chi connectivity index (χ2v) is 5.72. The minimum absolute atomic E-state index is 0.110. The summed E-state index contributed by atoms with van der Waals surface area (Å²) in [5, 5.41) is 6.38. The van der Waals surface area contributed by atoms with Gasteiger partial charge in [0.1, 0.15) is 11.6 Å². The summed E-state index contributed by atoms with van der Waals surface area (Å²) in [5.41, 5.74) is 0.260. The molecule has 1 aliphatic carbocycles. The Labute approximate surface area is 137 Å². The largest absolute Gasteiger partial charge is 0.357 e. The molecule has 2 N–H and O–H groups in total. The normalized spacial score (nSPS) is 15.1. The molecule has 6 heteroatoms. The maximum atomic E-state index is 13.6. The number of nitrogens with one attached hydrogen (secondary N) is 2. The van der Waals surface area contributed by atoms with Crippen molar-refractivity contribution in [1.29, 1.82) is 0 Å². The lowest BCUT2D eigenvalue weighted by Crippen LogP contribution is -2.42. The number of benzene rings is 1.